The van der Waals surface area contributed by atoms with Crippen LogP contribution in [0.4, 0.5) is 8.78 Å². The summed E-state index contributed by atoms with van der Waals surface area (Å²) in [5, 5.41) is 0. The van der Waals surface area contributed by atoms with Crippen molar-refractivity contribution in [3.05, 3.63) is 29.8 Å². The zero-order chi connectivity index (χ0) is 13.9. The minimum atomic E-state index is -3.96. The summed E-state index contributed by atoms with van der Waals surface area (Å²) in [6.07, 6.45) is 5.20. The molecule has 0 radical (unpaired) electrons. The van der Waals surface area contributed by atoms with Crippen LogP contribution in [-0.2, 0) is 10.0 Å². The van der Waals surface area contributed by atoms with Crippen LogP contribution >= 0.6 is 0 Å². The van der Waals surface area contributed by atoms with E-state index in [0.717, 1.165) is 12.1 Å². The van der Waals surface area contributed by atoms with Crippen LogP contribution in [0.25, 0.3) is 0 Å². The van der Waals surface area contributed by atoms with Gasteiger partial charge in [-0.25, -0.2) is 17.2 Å². The van der Waals surface area contributed by atoms with Crippen LogP contribution in [-0.4, -0.2) is 14.5 Å². The van der Waals surface area contributed by atoms with Gasteiger partial charge < -0.3 is 0 Å². The van der Waals surface area contributed by atoms with Gasteiger partial charge >= 0.3 is 0 Å². The Kier molecular flexibility index (Phi) is 4.43. The second-order valence-electron chi connectivity index (χ2n) is 4.09. The summed E-state index contributed by atoms with van der Waals surface area (Å²) in [7, 11) is -3.96. The second kappa shape index (κ2) is 5.46. The Bertz CT molecular complexity index is 576. The van der Waals surface area contributed by atoms with Crippen molar-refractivity contribution in [2.24, 2.45) is 5.92 Å². The zero-order valence-corrected chi connectivity index (χ0v) is 10.8. The Hall–Kier alpha value is -1.45. The van der Waals surface area contributed by atoms with Crippen LogP contribution in [0.15, 0.2) is 23.1 Å². The summed E-state index contributed by atoms with van der Waals surface area (Å²) in [6.45, 7) is 3.50. The van der Waals surface area contributed by atoms with Crippen molar-refractivity contribution in [3.63, 3.8) is 0 Å². The van der Waals surface area contributed by atoms with E-state index in [9.17, 15) is 17.2 Å². The van der Waals surface area contributed by atoms with E-state index in [0.29, 0.717) is 6.07 Å². The average Bonchev–Trinajstić information content (AvgIpc) is 2.29. The van der Waals surface area contributed by atoms with Crippen molar-refractivity contribution in [1.29, 1.82) is 0 Å². The number of benzene rings is 1. The normalized spacial score (nSPS) is 13.3. The predicted octanol–water partition coefficient (Wildman–Crippen LogP) is 1.90. The molecule has 1 aromatic rings. The molecule has 1 atom stereocenters. The molecule has 0 amide bonds. The molecular weight excluding hydrogens is 260 g/mol. The molecule has 1 unspecified atom stereocenters. The molecule has 0 aliphatic carbocycles. The summed E-state index contributed by atoms with van der Waals surface area (Å²) < 4.78 is 51.7. The van der Waals surface area contributed by atoms with Crippen LogP contribution in [0.3, 0.4) is 0 Å². The van der Waals surface area contributed by atoms with E-state index in [1.807, 2.05) is 0 Å². The van der Waals surface area contributed by atoms with Crippen molar-refractivity contribution in [2.75, 3.05) is 0 Å². The van der Waals surface area contributed by atoms with Gasteiger partial charge in [0.15, 0.2) is 11.6 Å². The fraction of sp³-hybridized carbons (Fsp3) is 0.333. The molecule has 3 nitrogen and oxygen atoms in total. The third-order valence-corrected chi connectivity index (χ3v) is 3.77. The summed E-state index contributed by atoms with van der Waals surface area (Å²) in [4.78, 5) is -0.359. The molecule has 0 aliphatic rings. The van der Waals surface area contributed by atoms with E-state index in [1.54, 1.807) is 13.8 Å². The fourth-order valence-corrected chi connectivity index (χ4v) is 2.56. The first-order valence-electron chi connectivity index (χ1n) is 5.21. The monoisotopic (exact) mass is 273 g/mol. The quantitative estimate of drug-likeness (QED) is 0.852. The molecule has 0 saturated heterocycles. The first kappa shape index (κ1) is 14.6. The highest BCUT2D eigenvalue weighted by atomic mass is 32.2. The van der Waals surface area contributed by atoms with Crippen LogP contribution in [0, 0.1) is 29.9 Å². The number of hydrogen-bond donors (Lipinski definition) is 1. The maximum Gasteiger partial charge on any atom is 0.241 e. The van der Waals surface area contributed by atoms with E-state index in [4.69, 9.17) is 6.42 Å². The lowest BCUT2D eigenvalue weighted by Crippen LogP contribution is -2.37. The third-order valence-electron chi connectivity index (χ3n) is 2.33. The molecule has 6 heteroatoms. The molecule has 98 valence electrons. The van der Waals surface area contributed by atoms with Crippen molar-refractivity contribution < 1.29 is 17.2 Å². The van der Waals surface area contributed by atoms with Crippen LogP contribution < -0.4 is 4.72 Å². The molecule has 0 bridgehead atoms. The van der Waals surface area contributed by atoms with Crippen molar-refractivity contribution in [1.82, 2.24) is 4.72 Å². The van der Waals surface area contributed by atoms with Gasteiger partial charge in [0.2, 0.25) is 10.0 Å². The van der Waals surface area contributed by atoms with Gasteiger partial charge in [-0.05, 0) is 24.1 Å². The van der Waals surface area contributed by atoms with E-state index >= 15 is 0 Å². The molecule has 0 spiro atoms. The SMILES string of the molecule is C#CC(NS(=O)(=O)c1ccc(F)c(F)c1)C(C)C. The molecule has 1 aromatic carbocycles. The number of sulfonamides is 1. The second-order valence-corrected chi connectivity index (χ2v) is 5.80. The van der Waals surface area contributed by atoms with Gasteiger partial charge in [0.1, 0.15) is 0 Å². The number of hydrogen-bond acceptors (Lipinski definition) is 2. The predicted molar refractivity (Wildman–Crippen MR) is 64.1 cm³/mol. The molecule has 0 heterocycles. The zero-order valence-electron chi connectivity index (χ0n) is 9.94. The molecule has 1 rings (SSSR count). The van der Waals surface area contributed by atoms with Gasteiger partial charge in [0.05, 0.1) is 10.9 Å². The van der Waals surface area contributed by atoms with Crippen LogP contribution in [0.5, 0.6) is 0 Å². The van der Waals surface area contributed by atoms with Gasteiger partial charge in [0, 0.05) is 0 Å². The van der Waals surface area contributed by atoms with Gasteiger partial charge in [-0.15, -0.1) is 6.42 Å². The lowest BCUT2D eigenvalue weighted by Gasteiger charge is -2.16. The number of nitrogens with one attached hydrogen (secondary N) is 1. The van der Waals surface area contributed by atoms with Crippen molar-refractivity contribution in [2.45, 2.75) is 24.8 Å². The Morgan fingerprint density at radius 3 is 2.33 bits per heavy atom. The minimum absolute atomic E-state index is 0.116. The highest BCUT2D eigenvalue weighted by molar-refractivity contribution is 7.89. The van der Waals surface area contributed by atoms with Crippen molar-refractivity contribution in [3.8, 4) is 12.3 Å². The Morgan fingerprint density at radius 2 is 1.89 bits per heavy atom. The van der Waals surface area contributed by atoms with E-state index in [2.05, 4.69) is 10.6 Å². The molecular formula is C12H13F2NO2S. The van der Waals surface area contributed by atoms with E-state index in [-0.39, 0.29) is 10.8 Å². The molecule has 0 aromatic heterocycles. The van der Waals surface area contributed by atoms with Gasteiger partial charge in [-0.1, -0.05) is 19.8 Å². The summed E-state index contributed by atoms with van der Waals surface area (Å²) >= 11 is 0. The fourth-order valence-electron chi connectivity index (χ4n) is 1.24. The minimum Gasteiger partial charge on any atom is -0.207 e. The molecule has 0 fully saturated rings. The Morgan fingerprint density at radius 1 is 1.28 bits per heavy atom. The maximum atomic E-state index is 13.0. The first-order chi connectivity index (χ1) is 8.27. The number of terminal acetylenes is 1. The topological polar surface area (TPSA) is 46.2 Å². The van der Waals surface area contributed by atoms with E-state index in [1.165, 1.54) is 0 Å². The maximum absolute atomic E-state index is 13.0. The standard InChI is InChI=1S/C12H13F2NO2S/c1-4-12(8(2)3)15-18(16,17)9-5-6-10(13)11(14)7-9/h1,5-8,12,15H,2-3H3. The first-order valence-corrected chi connectivity index (χ1v) is 6.69. The van der Waals surface area contributed by atoms with Crippen LogP contribution in [0.2, 0.25) is 0 Å². The van der Waals surface area contributed by atoms with E-state index < -0.39 is 27.7 Å². The average molecular weight is 273 g/mol. The van der Waals surface area contributed by atoms with Gasteiger partial charge in [-0.3, -0.25) is 0 Å². The Labute approximate surface area is 105 Å². The number of halogens is 2. The smallest absolute Gasteiger partial charge is 0.207 e. The molecule has 0 saturated carbocycles. The van der Waals surface area contributed by atoms with Gasteiger partial charge in [-0.2, -0.15) is 4.72 Å². The highest BCUT2D eigenvalue weighted by Gasteiger charge is 2.21. The largest absolute Gasteiger partial charge is 0.241 e. The molecule has 1 N–H and O–H groups in total. The lowest BCUT2D eigenvalue weighted by molar-refractivity contribution is 0.500. The third kappa shape index (κ3) is 3.28. The lowest BCUT2D eigenvalue weighted by atomic mass is 10.1. The highest BCUT2D eigenvalue weighted by Crippen LogP contribution is 2.15. The molecule has 18 heavy (non-hydrogen) atoms. The summed E-state index contributed by atoms with van der Waals surface area (Å²) in [6, 6.07) is 1.65. The summed E-state index contributed by atoms with van der Waals surface area (Å²) in [5.41, 5.74) is 0. The number of rotatable bonds is 4. The van der Waals surface area contributed by atoms with Crippen molar-refractivity contribution >= 4 is 10.0 Å². The Balaban J connectivity index is 3.07. The summed E-state index contributed by atoms with van der Waals surface area (Å²) in [5.74, 6) is -0.148. The van der Waals surface area contributed by atoms with Gasteiger partial charge in [0.25, 0.3) is 0 Å². The van der Waals surface area contributed by atoms with Crippen LogP contribution in [0.1, 0.15) is 13.8 Å². The molecule has 0 aliphatic heterocycles.